The molecule has 1 aliphatic rings. The highest BCUT2D eigenvalue weighted by molar-refractivity contribution is 5.98. The average molecular weight is 222 g/mol. The van der Waals surface area contributed by atoms with Crippen molar-refractivity contribution >= 4 is 17.6 Å². The van der Waals surface area contributed by atoms with Crippen molar-refractivity contribution in [3.63, 3.8) is 0 Å². The predicted octanol–water partition coefficient (Wildman–Crippen LogP) is -0.0715. The molecule has 1 aliphatic heterocycles. The van der Waals surface area contributed by atoms with Gasteiger partial charge in [0, 0.05) is 30.5 Å². The summed E-state index contributed by atoms with van der Waals surface area (Å²) >= 11 is 0. The fourth-order valence-electron chi connectivity index (χ4n) is 1.74. The molecule has 0 aromatic heterocycles. The summed E-state index contributed by atoms with van der Waals surface area (Å²) in [6.07, 6.45) is -0.0558. The Hall–Kier alpha value is -1.91. The molecule has 0 bridgehead atoms. The smallest absolute Gasteiger partial charge is 0.227 e. The zero-order chi connectivity index (χ0) is 11.7. The lowest BCUT2D eigenvalue weighted by molar-refractivity contribution is -0.310. The minimum atomic E-state index is -1.22. The van der Waals surface area contributed by atoms with E-state index in [0.29, 0.717) is 5.69 Å². The second-order valence-electron chi connectivity index (χ2n) is 3.70. The van der Waals surface area contributed by atoms with E-state index in [9.17, 15) is 19.1 Å². The minimum absolute atomic E-state index is 0.0558. The van der Waals surface area contributed by atoms with Crippen LogP contribution in [0, 0.1) is 11.7 Å². The van der Waals surface area contributed by atoms with E-state index in [1.165, 1.54) is 29.2 Å². The Labute approximate surface area is 91.3 Å². The quantitative estimate of drug-likeness (QED) is 0.703. The van der Waals surface area contributed by atoms with E-state index >= 15 is 0 Å². The summed E-state index contributed by atoms with van der Waals surface area (Å²) in [5, 5.41) is 10.6. The first-order chi connectivity index (χ1) is 7.58. The van der Waals surface area contributed by atoms with Crippen LogP contribution in [0.1, 0.15) is 6.42 Å². The van der Waals surface area contributed by atoms with Crippen molar-refractivity contribution in [1.82, 2.24) is 0 Å². The topological polar surface area (TPSA) is 60.4 Å². The number of carbonyl (C=O) groups is 2. The Bertz CT molecular complexity index is 429. The van der Waals surface area contributed by atoms with Crippen LogP contribution >= 0.6 is 0 Å². The largest absolute Gasteiger partial charge is 0.550 e. The van der Waals surface area contributed by atoms with Crippen molar-refractivity contribution in [2.75, 3.05) is 11.4 Å². The molecule has 16 heavy (non-hydrogen) atoms. The molecule has 0 spiro atoms. The molecule has 0 N–H and O–H groups in total. The molecular weight excluding hydrogens is 213 g/mol. The van der Waals surface area contributed by atoms with Gasteiger partial charge in [-0.1, -0.05) is 0 Å². The first kappa shape index (κ1) is 10.6. The molecule has 1 unspecified atom stereocenters. The summed E-state index contributed by atoms with van der Waals surface area (Å²) in [4.78, 5) is 23.5. The van der Waals surface area contributed by atoms with Gasteiger partial charge in [-0.05, 0) is 24.3 Å². The van der Waals surface area contributed by atoms with Gasteiger partial charge in [-0.25, -0.2) is 4.39 Å². The summed E-state index contributed by atoms with van der Waals surface area (Å²) in [6.45, 7) is 0.0901. The molecule has 0 aliphatic carbocycles. The monoisotopic (exact) mass is 222 g/mol. The maximum absolute atomic E-state index is 12.7. The van der Waals surface area contributed by atoms with E-state index in [0.717, 1.165) is 0 Å². The number of benzene rings is 1. The SMILES string of the molecule is O=C([O-])C1CC(=O)N(c2ccc(F)cc2)C1. The van der Waals surface area contributed by atoms with Gasteiger partial charge in [0.15, 0.2) is 0 Å². The predicted molar refractivity (Wildman–Crippen MR) is 51.9 cm³/mol. The van der Waals surface area contributed by atoms with Crippen LogP contribution in [-0.2, 0) is 9.59 Å². The van der Waals surface area contributed by atoms with Gasteiger partial charge in [-0.15, -0.1) is 0 Å². The maximum atomic E-state index is 12.7. The Kier molecular flexibility index (Phi) is 2.60. The lowest BCUT2D eigenvalue weighted by Gasteiger charge is -2.16. The van der Waals surface area contributed by atoms with E-state index in [1.54, 1.807) is 0 Å². The number of carboxylic acid groups (broad SMARTS) is 1. The normalized spacial score (nSPS) is 20.2. The number of aliphatic carboxylic acids is 1. The number of anilines is 1. The number of hydrogen-bond acceptors (Lipinski definition) is 3. The molecule has 1 heterocycles. The van der Waals surface area contributed by atoms with Crippen molar-refractivity contribution < 1.29 is 19.1 Å². The molecule has 1 atom stereocenters. The van der Waals surface area contributed by atoms with Crippen LogP contribution in [-0.4, -0.2) is 18.4 Å². The van der Waals surface area contributed by atoms with E-state index in [2.05, 4.69) is 0 Å². The molecule has 2 rings (SSSR count). The molecule has 0 saturated carbocycles. The van der Waals surface area contributed by atoms with Gasteiger partial charge in [0.2, 0.25) is 5.91 Å². The van der Waals surface area contributed by atoms with E-state index in [1.807, 2.05) is 0 Å². The van der Waals surface area contributed by atoms with Gasteiger partial charge in [0.25, 0.3) is 0 Å². The van der Waals surface area contributed by atoms with Crippen molar-refractivity contribution in [3.05, 3.63) is 30.1 Å². The summed E-state index contributed by atoms with van der Waals surface area (Å²) in [5.74, 6) is -2.68. The first-order valence-electron chi connectivity index (χ1n) is 4.84. The fraction of sp³-hybridized carbons (Fsp3) is 0.273. The Morgan fingerprint density at radius 2 is 2.00 bits per heavy atom. The molecule has 1 fully saturated rings. The Balaban J connectivity index is 2.20. The van der Waals surface area contributed by atoms with Crippen molar-refractivity contribution in [2.45, 2.75) is 6.42 Å². The van der Waals surface area contributed by atoms with Crippen molar-refractivity contribution in [3.8, 4) is 0 Å². The van der Waals surface area contributed by atoms with Gasteiger partial charge in [0.05, 0.1) is 0 Å². The third kappa shape index (κ3) is 1.88. The van der Waals surface area contributed by atoms with Crippen LogP contribution in [0.5, 0.6) is 0 Å². The van der Waals surface area contributed by atoms with E-state index in [4.69, 9.17) is 0 Å². The summed E-state index contributed by atoms with van der Waals surface area (Å²) in [7, 11) is 0. The number of rotatable bonds is 2. The minimum Gasteiger partial charge on any atom is -0.550 e. The van der Waals surface area contributed by atoms with Gasteiger partial charge >= 0.3 is 0 Å². The lowest BCUT2D eigenvalue weighted by Crippen LogP contribution is -2.33. The van der Waals surface area contributed by atoms with Gasteiger partial charge in [0.1, 0.15) is 5.82 Å². The number of hydrogen-bond donors (Lipinski definition) is 0. The van der Waals surface area contributed by atoms with Crippen LogP contribution < -0.4 is 10.0 Å². The number of carbonyl (C=O) groups excluding carboxylic acids is 2. The number of amides is 1. The van der Waals surface area contributed by atoms with Gasteiger partial charge in [-0.2, -0.15) is 0 Å². The van der Waals surface area contributed by atoms with Crippen LogP contribution in [0.25, 0.3) is 0 Å². The van der Waals surface area contributed by atoms with Gasteiger partial charge in [-0.3, -0.25) is 4.79 Å². The number of carboxylic acids is 1. The third-order valence-corrected chi connectivity index (χ3v) is 2.60. The van der Waals surface area contributed by atoms with Crippen LogP contribution in [0.3, 0.4) is 0 Å². The van der Waals surface area contributed by atoms with Crippen molar-refractivity contribution in [1.29, 1.82) is 0 Å². The lowest BCUT2D eigenvalue weighted by atomic mass is 10.1. The molecule has 1 amide bonds. The number of nitrogens with zero attached hydrogens (tertiary/aromatic N) is 1. The summed E-state index contributed by atoms with van der Waals surface area (Å²) in [6, 6.07) is 5.36. The third-order valence-electron chi connectivity index (χ3n) is 2.60. The Morgan fingerprint density at radius 3 is 2.50 bits per heavy atom. The second kappa shape index (κ2) is 3.92. The van der Waals surface area contributed by atoms with E-state index < -0.39 is 17.7 Å². The molecule has 4 nitrogen and oxygen atoms in total. The summed E-state index contributed by atoms with van der Waals surface area (Å²) in [5.41, 5.74) is 0.509. The van der Waals surface area contributed by atoms with Crippen LogP contribution in [0.2, 0.25) is 0 Å². The van der Waals surface area contributed by atoms with Gasteiger partial charge < -0.3 is 14.8 Å². The molecule has 1 saturated heterocycles. The van der Waals surface area contributed by atoms with E-state index in [-0.39, 0.29) is 18.9 Å². The molecule has 5 heteroatoms. The summed E-state index contributed by atoms with van der Waals surface area (Å²) < 4.78 is 12.7. The molecular formula is C11H9FNO3-. The molecule has 0 radical (unpaired) electrons. The molecule has 1 aromatic carbocycles. The highest BCUT2D eigenvalue weighted by Crippen LogP contribution is 2.24. The average Bonchev–Trinajstić information content (AvgIpc) is 2.62. The van der Waals surface area contributed by atoms with Crippen molar-refractivity contribution in [2.24, 2.45) is 5.92 Å². The maximum Gasteiger partial charge on any atom is 0.227 e. The molecule has 84 valence electrons. The zero-order valence-electron chi connectivity index (χ0n) is 8.35. The second-order valence-corrected chi connectivity index (χ2v) is 3.70. The molecule has 1 aromatic rings. The van der Waals surface area contributed by atoms with Crippen LogP contribution in [0.4, 0.5) is 10.1 Å². The zero-order valence-corrected chi connectivity index (χ0v) is 8.35. The standard InChI is InChI=1S/C11H10FNO3/c12-8-1-3-9(4-2-8)13-6-7(11(15)16)5-10(13)14/h1-4,7H,5-6H2,(H,15,16)/p-1. The van der Waals surface area contributed by atoms with Crippen LogP contribution in [0.15, 0.2) is 24.3 Å². The number of halogens is 1. The first-order valence-corrected chi connectivity index (χ1v) is 4.84. The highest BCUT2D eigenvalue weighted by atomic mass is 19.1. The highest BCUT2D eigenvalue weighted by Gasteiger charge is 2.31. The fourth-order valence-corrected chi connectivity index (χ4v) is 1.74. The Morgan fingerprint density at radius 1 is 1.38 bits per heavy atom.